The average Bonchev–Trinajstić information content (AvgIpc) is 2.61. The standard InChI is InChI=1S/C10H11F3N4/c1-6-16-9(10(11,12)13)5-17(6)8-2-3-15-4-7(8)14/h2-6,16H,14H2,1H3. The van der Waals surface area contributed by atoms with Crippen molar-refractivity contribution in [3.63, 3.8) is 0 Å². The molecule has 7 heteroatoms. The van der Waals surface area contributed by atoms with Crippen LogP contribution < -0.4 is 16.0 Å². The van der Waals surface area contributed by atoms with Crippen molar-refractivity contribution in [1.82, 2.24) is 10.3 Å². The fraction of sp³-hybridized carbons (Fsp3) is 0.300. The Balaban J connectivity index is 2.35. The predicted octanol–water partition coefficient (Wildman–Crippen LogP) is 1.82. The van der Waals surface area contributed by atoms with Gasteiger partial charge in [-0.15, -0.1) is 0 Å². The van der Waals surface area contributed by atoms with Crippen LogP contribution in [0.4, 0.5) is 24.5 Å². The summed E-state index contributed by atoms with van der Waals surface area (Å²) in [5, 5.41) is 2.36. The van der Waals surface area contributed by atoms with Crippen LogP contribution in [0, 0.1) is 0 Å². The second kappa shape index (κ2) is 3.83. The zero-order chi connectivity index (χ0) is 12.6. The lowest BCUT2D eigenvalue weighted by atomic mass is 10.3. The van der Waals surface area contributed by atoms with Crippen LogP contribution in [0.2, 0.25) is 0 Å². The number of hydrogen-bond acceptors (Lipinski definition) is 4. The average molecular weight is 244 g/mol. The number of pyridine rings is 1. The number of nitrogens with one attached hydrogen (secondary N) is 1. The molecule has 92 valence electrons. The first-order chi connectivity index (χ1) is 7.89. The molecule has 0 saturated carbocycles. The highest BCUT2D eigenvalue weighted by Crippen LogP contribution is 2.32. The minimum atomic E-state index is -4.38. The van der Waals surface area contributed by atoms with Crippen LogP contribution in [-0.2, 0) is 0 Å². The Morgan fingerprint density at radius 3 is 2.71 bits per heavy atom. The molecule has 0 spiro atoms. The van der Waals surface area contributed by atoms with Gasteiger partial charge in [0.25, 0.3) is 0 Å². The monoisotopic (exact) mass is 244 g/mol. The molecule has 1 unspecified atom stereocenters. The number of aromatic nitrogens is 1. The number of halogens is 3. The highest BCUT2D eigenvalue weighted by Gasteiger charge is 2.39. The van der Waals surface area contributed by atoms with E-state index in [0.29, 0.717) is 11.4 Å². The highest BCUT2D eigenvalue weighted by atomic mass is 19.4. The van der Waals surface area contributed by atoms with Gasteiger partial charge < -0.3 is 16.0 Å². The molecule has 2 rings (SSSR count). The summed E-state index contributed by atoms with van der Waals surface area (Å²) >= 11 is 0. The molecule has 0 bridgehead atoms. The van der Waals surface area contributed by atoms with Crippen LogP contribution in [0.5, 0.6) is 0 Å². The van der Waals surface area contributed by atoms with E-state index in [0.717, 1.165) is 6.20 Å². The molecular weight excluding hydrogens is 233 g/mol. The van der Waals surface area contributed by atoms with Crippen LogP contribution in [0.25, 0.3) is 0 Å². The van der Waals surface area contributed by atoms with E-state index < -0.39 is 18.0 Å². The SMILES string of the molecule is CC1NC(C(F)(F)F)=CN1c1ccncc1N. The molecule has 0 aliphatic carbocycles. The molecule has 17 heavy (non-hydrogen) atoms. The number of alkyl halides is 3. The molecule has 0 fully saturated rings. The molecule has 2 heterocycles. The van der Waals surface area contributed by atoms with Crippen LogP contribution in [0.15, 0.2) is 30.4 Å². The van der Waals surface area contributed by atoms with E-state index in [4.69, 9.17) is 5.73 Å². The first-order valence-corrected chi connectivity index (χ1v) is 4.93. The number of allylic oxidation sites excluding steroid dienone is 1. The quantitative estimate of drug-likeness (QED) is 0.791. The summed E-state index contributed by atoms with van der Waals surface area (Å²) in [6.07, 6.45) is -0.989. The molecule has 1 atom stereocenters. The van der Waals surface area contributed by atoms with Gasteiger partial charge in [-0.2, -0.15) is 13.2 Å². The van der Waals surface area contributed by atoms with E-state index in [-0.39, 0.29) is 0 Å². The van der Waals surface area contributed by atoms with Gasteiger partial charge in [0.05, 0.1) is 17.6 Å². The van der Waals surface area contributed by atoms with E-state index >= 15 is 0 Å². The number of hydrogen-bond donors (Lipinski definition) is 2. The van der Waals surface area contributed by atoms with Gasteiger partial charge in [-0.3, -0.25) is 4.98 Å². The number of rotatable bonds is 1. The lowest BCUT2D eigenvalue weighted by Gasteiger charge is -2.23. The number of nitrogens with two attached hydrogens (primary N) is 1. The predicted molar refractivity (Wildman–Crippen MR) is 57.9 cm³/mol. The van der Waals surface area contributed by atoms with Crippen molar-refractivity contribution in [3.05, 3.63) is 30.4 Å². The third-order valence-corrected chi connectivity index (χ3v) is 2.46. The smallest absolute Gasteiger partial charge is 0.396 e. The van der Waals surface area contributed by atoms with Gasteiger partial charge in [-0.05, 0) is 13.0 Å². The van der Waals surface area contributed by atoms with Crippen molar-refractivity contribution >= 4 is 11.4 Å². The van der Waals surface area contributed by atoms with Gasteiger partial charge >= 0.3 is 6.18 Å². The van der Waals surface area contributed by atoms with E-state index in [1.807, 2.05) is 0 Å². The zero-order valence-corrected chi connectivity index (χ0v) is 8.99. The molecule has 1 aromatic rings. The van der Waals surface area contributed by atoms with E-state index in [2.05, 4.69) is 10.3 Å². The van der Waals surface area contributed by atoms with Crippen molar-refractivity contribution in [3.8, 4) is 0 Å². The maximum absolute atomic E-state index is 12.5. The number of nitrogens with zero attached hydrogens (tertiary/aromatic N) is 2. The van der Waals surface area contributed by atoms with Crippen molar-refractivity contribution in [2.45, 2.75) is 19.3 Å². The van der Waals surface area contributed by atoms with E-state index in [1.165, 1.54) is 17.3 Å². The summed E-state index contributed by atoms with van der Waals surface area (Å²) in [7, 11) is 0. The molecule has 0 saturated heterocycles. The largest absolute Gasteiger partial charge is 0.432 e. The van der Waals surface area contributed by atoms with E-state index in [9.17, 15) is 13.2 Å². The Morgan fingerprint density at radius 2 is 2.18 bits per heavy atom. The number of nitrogen functional groups attached to an aromatic ring is 1. The molecule has 4 nitrogen and oxygen atoms in total. The summed E-state index contributed by atoms with van der Waals surface area (Å²) in [5.41, 5.74) is 5.73. The summed E-state index contributed by atoms with van der Waals surface area (Å²) in [6.45, 7) is 1.62. The Labute approximate surface area is 95.9 Å². The van der Waals surface area contributed by atoms with Crippen LogP contribution in [0.3, 0.4) is 0 Å². The second-order valence-corrected chi connectivity index (χ2v) is 3.70. The third kappa shape index (κ3) is 2.13. The minimum absolute atomic E-state index is 0.334. The molecule has 1 aliphatic rings. The topological polar surface area (TPSA) is 54.2 Å². The first-order valence-electron chi connectivity index (χ1n) is 4.93. The molecule has 1 aromatic heterocycles. The fourth-order valence-corrected chi connectivity index (χ4v) is 1.65. The Kier molecular flexibility index (Phi) is 2.60. The summed E-state index contributed by atoms with van der Waals surface area (Å²) in [6, 6.07) is 1.57. The van der Waals surface area contributed by atoms with Gasteiger partial charge in [0, 0.05) is 12.4 Å². The molecule has 3 N–H and O–H groups in total. The zero-order valence-electron chi connectivity index (χ0n) is 8.99. The second-order valence-electron chi connectivity index (χ2n) is 3.70. The summed E-state index contributed by atoms with van der Waals surface area (Å²) in [5.74, 6) is 0. The molecular formula is C10H11F3N4. The molecule has 0 radical (unpaired) electrons. The molecule has 0 aromatic carbocycles. The highest BCUT2D eigenvalue weighted by molar-refractivity contribution is 5.68. The van der Waals surface area contributed by atoms with Crippen LogP contribution >= 0.6 is 0 Å². The minimum Gasteiger partial charge on any atom is -0.396 e. The van der Waals surface area contributed by atoms with Crippen molar-refractivity contribution in [2.75, 3.05) is 10.6 Å². The molecule has 1 aliphatic heterocycles. The molecule has 0 amide bonds. The van der Waals surface area contributed by atoms with Crippen LogP contribution in [-0.4, -0.2) is 17.3 Å². The van der Waals surface area contributed by atoms with Gasteiger partial charge in [0.15, 0.2) is 0 Å². The van der Waals surface area contributed by atoms with Gasteiger partial charge in [0.1, 0.15) is 11.9 Å². The van der Waals surface area contributed by atoms with Crippen molar-refractivity contribution in [1.29, 1.82) is 0 Å². The Hall–Kier alpha value is -1.92. The Morgan fingerprint density at radius 1 is 1.47 bits per heavy atom. The summed E-state index contributed by atoms with van der Waals surface area (Å²) in [4.78, 5) is 5.22. The maximum Gasteiger partial charge on any atom is 0.432 e. The third-order valence-electron chi connectivity index (χ3n) is 2.46. The Bertz CT molecular complexity index is 455. The van der Waals surface area contributed by atoms with Gasteiger partial charge in [-0.25, -0.2) is 0 Å². The summed E-state index contributed by atoms with van der Waals surface area (Å²) < 4.78 is 37.6. The van der Waals surface area contributed by atoms with Gasteiger partial charge in [0.2, 0.25) is 0 Å². The first kappa shape index (κ1) is 11.6. The number of anilines is 2. The lowest BCUT2D eigenvalue weighted by Crippen LogP contribution is -2.35. The maximum atomic E-state index is 12.5. The van der Waals surface area contributed by atoms with Gasteiger partial charge in [-0.1, -0.05) is 0 Å². The van der Waals surface area contributed by atoms with Crippen LogP contribution in [0.1, 0.15) is 6.92 Å². The normalized spacial score (nSPS) is 20.1. The van der Waals surface area contributed by atoms with E-state index in [1.54, 1.807) is 13.0 Å². The lowest BCUT2D eigenvalue weighted by molar-refractivity contribution is -0.0961. The van der Waals surface area contributed by atoms with Crippen molar-refractivity contribution < 1.29 is 13.2 Å². The fourth-order valence-electron chi connectivity index (χ4n) is 1.65. The van der Waals surface area contributed by atoms with Crippen molar-refractivity contribution in [2.24, 2.45) is 0 Å².